The molecule has 2 N–H and O–H groups in total. The van der Waals surface area contributed by atoms with Crippen LogP contribution in [0.1, 0.15) is 24.2 Å². The zero-order chi connectivity index (χ0) is 18.3. The van der Waals surface area contributed by atoms with Crippen LogP contribution in [0.4, 0.5) is 0 Å². The van der Waals surface area contributed by atoms with Gasteiger partial charge in [-0.15, -0.1) is 0 Å². The van der Waals surface area contributed by atoms with Crippen LogP contribution < -0.4 is 14.8 Å². The molecule has 0 aliphatic heterocycles. The minimum Gasteiger partial charge on any atom is -0.493 e. The molecule has 0 aromatic heterocycles. The maximum absolute atomic E-state index is 12.5. The summed E-state index contributed by atoms with van der Waals surface area (Å²) in [6, 6.07) is 4.19. The summed E-state index contributed by atoms with van der Waals surface area (Å²) in [6.45, 7) is 2.89. The fraction of sp³-hybridized carbons (Fsp3) is 0.438. The van der Waals surface area contributed by atoms with Gasteiger partial charge in [-0.05, 0) is 32.0 Å². The molecule has 0 aliphatic carbocycles. The second-order valence-corrected chi connectivity index (χ2v) is 5.25. The zero-order valence-corrected chi connectivity index (χ0v) is 14.2. The lowest BCUT2D eigenvalue weighted by molar-refractivity contribution is -0.138. The van der Waals surface area contributed by atoms with Crippen LogP contribution in [0.2, 0.25) is 0 Å². The highest BCUT2D eigenvalue weighted by Crippen LogP contribution is 2.28. The molecule has 1 aromatic rings. The number of amides is 2. The average molecular weight is 338 g/mol. The summed E-state index contributed by atoms with van der Waals surface area (Å²) in [7, 11) is 2.90. The number of aliphatic carboxylic acids is 1. The van der Waals surface area contributed by atoms with Gasteiger partial charge in [0.2, 0.25) is 0 Å². The lowest BCUT2D eigenvalue weighted by atomic mass is 10.1. The van der Waals surface area contributed by atoms with Crippen LogP contribution >= 0.6 is 0 Å². The first-order valence-electron chi connectivity index (χ1n) is 7.34. The summed E-state index contributed by atoms with van der Waals surface area (Å²) in [6.07, 6.45) is 0. The van der Waals surface area contributed by atoms with Gasteiger partial charge >= 0.3 is 5.97 Å². The molecule has 0 saturated carbocycles. The van der Waals surface area contributed by atoms with E-state index in [0.29, 0.717) is 5.75 Å². The van der Waals surface area contributed by atoms with Crippen LogP contribution in [0, 0.1) is 0 Å². The number of carboxylic acids is 1. The molecule has 132 valence electrons. The second kappa shape index (κ2) is 8.76. The van der Waals surface area contributed by atoms with Gasteiger partial charge < -0.3 is 24.8 Å². The highest BCUT2D eigenvalue weighted by molar-refractivity contribution is 5.96. The number of carbonyl (C=O) groups is 3. The van der Waals surface area contributed by atoms with Gasteiger partial charge in [0.05, 0.1) is 7.11 Å². The summed E-state index contributed by atoms with van der Waals surface area (Å²) in [5.41, 5.74) is 0.272. The Balaban J connectivity index is 3.01. The summed E-state index contributed by atoms with van der Waals surface area (Å²) < 4.78 is 10.5. The van der Waals surface area contributed by atoms with Gasteiger partial charge in [0.15, 0.2) is 18.1 Å². The number of nitrogens with zero attached hydrogens (tertiary/aromatic N) is 1. The predicted molar refractivity (Wildman–Crippen MR) is 86.4 cm³/mol. The largest absolute Gasteiger partial charge is 0.493 e. The van der Waals surface area contributed by atoms with E-state index in [9.17, 15) is 14.4 Å². The first kappa shape index (κ1) is 19.3. The average Bonchev–Trinajstić information content (AvgIpc) is 2.56. The number of ether oxygens (including phenoxy) is 2. The quantitative estimate of drug-likeness (QED) is 0.725. The van der Waals surface area contributed by atoms with Crippen LogP contribution in [-0.4, -0.2) is 61.1 Å². The molecule has 2 amide bonds. The van der Waals surface area contributed by atoms with Gasteiger partial charge in [-0.3, -0.25) is 14.4 Å². The maximum Gasteiger partial charge on any atom is 0.323 e. The van der Waals surface area contributed by atoms with Crippen LogP contribution in [0.5, 0.6) is 11.5 Å². The molecule has 0 unspecified atom stereocenters. The van der Waals surface area contributed by atoms with Gasteiger partial charge in [-0.1, -0.05) is 0 Å². The first-order chi connectivity index (χ1) is 11.3. The molecule has 0 atom stereocenters. The van der Waals surface area contributed by atoms with Crippen molar-refractivity contribution in [3.63, 3.8) is 0 Å². The summed E-state index contributed by atoms with van der Waals surface area (Å²) in [5.74, 6) is -1.22. The van der Waals surface area contributed by atoms with Crippen molar-refractivity contribution in [1.82, 2.24) is 10.2 Å². The molecule has 1 rings (SSSR count). The monoisotopic (exact) mass is 338 g/mol. The minimum atomic E-state index is -1.09. The standard InChI is InChI=1S/C16H22N2O6/c1-10(2)18(8-15(20)21)16(22)11-5-6-12(13(7-11)23-4)24-9-14(19)17-3/h5-7,10H,8-9H2,1-4H3,(H,17,19)(H,20,21). The van der Waals surface area contributed by atoms with Crippen LogP contribution in [-0.2, 0) is 9.59 Å². The molecule has 24 heavy (non-hydrogen) atoms. The molecule has 0 aliphatic rings. The Morgan fingerprint density at radius 3 is 2.42 bits per heavy atom. The fourth-order valence-corrected chi connectivity index (χ4v) is 1.94. The van der Waals surface area contributed by atoms with Gasteiger partial charge in [-0.25, -0.2) is 0 Å². The third kappa shape index (κ3) is 5.15. The lowest BCUT2D eigenvalue weighted by Crippen LogP contribution is -2.40. The van der Waals surface area contributed by atoms with Crippen LogP contribution in [0.15, 0.2) is 18.2 Å². The van der Waals surface area contributed by atoms with Crippen LogP contribution in [0.25, 0.3) is 0 Å². The number of benzene rings is 1. The molecule has 0 spiro atoms. The number of carboxylic acid groups (broad SMARTS) is 1. The molecular formula is C16H22N2O6. The van der Waals surface area contributed by atoms with Gasteiger partial charge in [0.1, 0.15) is 6.54 Å². The van der Waals surface area contributed by atoms with Crippen LogP contribution in [0.3, 0.4) is 0 Å². The summed E-state index contributed by atoms with van der Waals surface area (Å²) in [5, 5.41) is 11.4. The number of carbonyl (C=O) groups excluding carboxylic acids is 2. The molecule has 0 bridgehead atoms. The third-order valence-corrected chi connectivity index (χ3v) is 3.24. The van der Waals surface area contributed by atoms with Crippen molar-refractivity contribution < 1.29 is 29.0 Å². The number of nitrogens with one attached hydrogen (secondary N) is 1. The highest BCUT2D eigenvalue weighted by Gasteiger charge is 2.22. The Hall–Kier alpha value is -2.77. The number of likely N-dealkylation sites (N-methyl/N-ethyl adjacent to an activating group) is 1. The number of rotatable bonds is 8. The highest BCUT2D eigenvalue weighted by atomic mass is 16.5. The van der Waals surface area contributed by atoms with E-state index in [2.05, 4.69) is 5.32 Å². The van der Waals surface area contributed by atoms with E-state index in [1.54, 1.807) is 13.8 Å². The predicted octanol–water partition coefficient (Wildman–Crippen LogP) is 0.755. The zero-order valence-electron chi connectivity index (χ0n) is 14.2. The third-order valence-electron chi connectivity index (χ3n) is 3.24. The smallest absolute Gasteiger partial charge is 0.323 e. The van der Waals surface area contributed by atoms with Crippen molar-refractivity contribution >= 4 is 17.8 Å². The number of hydrogen-bond donors (Lipinski definition) is 2. The van der Waals surface area contributed by atoms with Gasteiger partial charge in [-0.2, -0.15) is 0 Å². The Kier molecular flexibility index (Phi) is 7.03. The van der Waals surface area contributed by atoms with Crippen molar-refractivity contribution in [1.29, 1.82) is 0 Å². The lowest BCUT2D eigenvalue weighted by Gasteiger charge is -2.25. The van der Waals surface area contributed by atoms with E-state index in [-0.39, 0.29) is 29.9 Å². The van der Waals surface area contributed by atoms with Gasteiger partial charge in [0.25, 0.3) is 11.8 Å². The normalized spacial score (nSPS) is 10.2. The van der Waals surface area contributed by atoms with E-state index < -0.39 is 18.4 Å². The molecule has 8 heteroatoms. The summed E-state index contributed by atoms with van der Waals surface area (Å²) in [4.78, 5) is 35.9. The van der Waals surface area contributed by atoms with Gasteiger partial charge in [0, 0.05) is 18.7 Å². The Morgan fingerprint density at radius 2 is 1.92 bits per heavy atom. The van der Waals surface area contributed by atoms with Crippen molar-refractivity contribution in [3.05, 3.63) is 23.8 Å². The number of hydrogen-bond acceptors (Lipinski definition) is 5. The van der Waals surface area contributed by atoms with E-state index in [1.165, 1.54) is 37.3 Å². The van der Waals surface area contributed by atoms with E-state index >= 15 is 0 Å². The Bertz CT molecular complexity index is 615. The Labute approximate surface area is 140 Å². The Morgan fingerprint density at radius 1 is 1.25 bits per heavy atom. The second-order valence-electron chi connectivity index (χ2n) is 5.25. The number of methoxy groups -OCH3 is 1. The molecule has 8 nitrogen and oxygen atoms in total. The summed E-state index contributed by atoms with van der Waals surface area (Å²) >= 11 is 0. The molecule has 0 fully saturated rings. The fourth-order valence-electron chi connectivity index (χ4n) is 1.94. The molecule has 0 saturated heterocycles. The van der Waals surface area contributed by atoms with Crippen molar-refractivity contribution in [3.8, 4) is 11.5 Å². The van der Waals surface area contributed by atoms with Crippen molar-refractivity contribution in [2.75, 3.05) is 27.3 Å². The van der Waals surface area contributed by atoms with E-state index in [1.807, 2.05) is 0 Å². The molecule has 0 radical (unpaired) electrons. The maximum atomic E-state index is 12.5. The molecule has 1 aromatic carbocycles. The van der Waals surface area contributed by atoms with E-state index in [0.717, 1.165) is 0 Å². The SMILES string of the molecule is CNC(=O)COc1ccc(C(=O)N(CC(=O)O)C(C)C)cc1OC. The molecule has 0 heterocycles. The minimum absolute atomic E-state index is 0.183. The van der Waals surface area contributed by atoms with Crippen molar-refractivity contribution in [2.45, 2.75) is 19.9 Å². The molecular weight excluding hydrogens is 316 g/mol. The van der Waals surface area contributed by atoms with Crippen molar-refractivity contribution in [2.24, 2.45) is 0 Å². The topological polar surface area (TPSA) is 105 Å². The van der Waals surface area contributed by atoms with E-state index in [4.69, 9.17) is 14.6 Å². The first-order valence-corrected chi connectivity index (χ1v) is 7.34.